The normalized spacial score (nSPS) is 11.3. The van der Waals surface area contributed by atoms with Crippen molar-refractivity contribution in [1.82, 2.24) is 28.5 Å². The predicted octanol–water partition coefficient (Wildman–Crippen LogP) is 3.40. The van der Waals surface area contributed by atoms with Crippen molar-refractivity contribution in [3.8, 4) is 11.3 Å². The van der Waals surface area contributed by atoms with Gasteiger partial charge in [-0.05, 0) is 40.5 Å². The van der Waals surface area contributed by atoms with Crippen LogP contribution in [0.25, 0.3) is 16.9 Å². The largest absolute Gasteiger partial charge is 0.328 e. The van der Waals surface area contributed by atoms with E-state index >= 15 is 0 Å². The molecule has 0 aliphatic rings. The van der Waals surface area contributed by atoms with E-state index in [0.717, 1.165) is 32.2 Å². The molecule has 0 spiro atoms. The quantitative estimate of drug-likeness (QED) is 0.581. The van der Waals surface area contributed by atoms with Gasteiger partial charge in [0.25, 0.3) is 0 Å². The van der Waals surface area contributed by atoms with Gasteiger partial charge in [-0.25, -0.2) is 9.97 Å². The molecule has 0 fully saturated rings. The molecule has 23 heavy (non-hydrogen) atoms. The van der Waals surface area contributed by atoms with E-state index in [1.165, 1.54) is 11.5 Å². The Labute approximate surface area is 144 Å². The smallest absolute Gasteiger partial charge is 0.181 e. The molecule has 4 heterocycles. The van der Waals surface area contributed by atoms with E-state index in [-0.39, 0.29) is 0 Å². The summed E-state index contributed by atoms with van der Waals surface area (Å²) in [6, 6.07) is 1.98. The van der Waals surface area contributed by atoms with Crippen LogP contribution in [0.5, 0.6) is 0 Å². The first-order valence-electron chi connectivity index (χ1n) is 6.83. The van der Waals surface area contributed by atoms with Crippen molar-refractivity contribution in [3.63, 3.8) is 0 Å². The van der Waals surface area contributed by atoms with Gasteiger partial charge in [0.15, 0.2) is 11.5 Å². The number of nitrogens with one attached hydrogen (secondary N) is 1. The summed E-state index contributed by atoms with van der Waals surface area (Å²) < 4.78 is 8.75. The minimum atomic E-state index is 0.679. The predicted molar refractivity (Wildman–Crippen MR) is 93.0 cm³/mol. The molecule has 4 aromatic heterocycles. The summed E-state index contributed by atoms with van der Waals surface area (Å²) in [5, 5.41) is 8.44. The number of aromatic nitrogens is 6. The first kappa shape index (κ1) is 14.3. The number of hydrogen-bond donors (Lipinski definition) is 1. The van der Waals surface area contributed by atoms with Gasteiger partial charge >= 0.3 is 0 Å². The van der Waals surface area contributed by atoms with Gasteiger partial charge in [-0.3, -0.25) is 9.08 Å². The Morgan fingerprint density at radius 1 is 1.26 bits per heavy atom. The Morgan fingerprint density at radius 2 is 2.13 bits per heavy atom. The maximum Gasteiger partial charge on any atom is 0.181 e. The molecular formula is C14H12BrN7S. The number of fused-ring (bicyclic) bond motifs is 1. The Hall–Kier alpha value is -2.26. The van der Waals surface area contributed by atoms with E-state index < -0.39 is 0 Å². The molecule has 0 aromatic carbocycles. The fourth-order valence-corrected chi connectivity index (χ4v) is 3.39. The summed E-state index contributed by atoms with van der Waals surface area (Å²) in [5.41, 5.74) is 3.68. The summed E-state index contributed by atoms with van der Waals surface area (Å²) in [6.45, 7) is 1.96. The molecule has 0 aliphatic heterocycles. The summed E-state index contributed by atoms with van der Waals surface area (Å²) in [4.78, 5) is 9.01. The van der Waals surface area contributed by atoms with Crippen LogP contribution in [0, 0.1) is 6.92 Å². The summed E-state index contributed by atoms with van der Waals surface area (Å²) in [7, 11) is 1.89. The third kappa shape index (κ3) is 2.62. The number of halogens is 1. The van der Waals surface area contributed by atoms with Gasteiger partial charge < -0.3 is 5.32 Å². The average Bonchev–Trinajstić information content (AvgIpc) is 3.19. The molecule has 4 rings (SSSR count). The van der Waals surface area contributed by atoms with Crippen LogP contribution in [0.3, 0.4) is 0 Å². The molecular weight excluding hydrogens is 378 g/mol. The van der Waals surface area contributed by atoms with E-state index in [1.807, 2.05) is 49.2 Å². The Balaban J connectivity index is 1.84. The van der Waals surface area contributed by atoms with Gasteiger partial charge in [-0.1, -0.05) is 0 Å². The molecule has 116 valence electrons. The molecule has 0 aliphatic carbocycles. The number of hydrogen-bond acceptors (Lipinski definition) is 6. The van der Waals surface area contributed by atoms with Crippen LogP contribution in [0.1, 0.15) is 5.69 Å². The summed E-state index contributed by atoms with van der Waals surface area (Å²) >= 11 is 4.86. The SMILES string of the molecule is Cc1cc(Nc2nc(Br)cn3c(-c4cnn(C)c4)cnc23)sn1. The lowest BCUT2D eigenvalue weighted by Gasteiger charge is -2.06. The fraction of sp³-hybridized carbons (Fsp3) is 0.143. The molecule has 9 heteroatoms. The zero-order valence-electron chi connectivity index (χ0n) is 12.4. The van der Waals surface area contributed by atoms with Crippen molar-refractivity contribution in [1.29, 1.82) is 0 Å². The number of aryl methyl sites for hydroxylation is 2. The van der Waals surface area contributed by atoms with Crippen molar-refractivity contribution in [2.24, 2.45) is 7.05 Å². The molecule has 4 aromatic rings. The first-order chi connectivity index (χ1) is 11.1. The zero-order valence-corrected chi connectivity index (χ0v) is 14.8. The third-order valence-electron chi connectivity index (χ3n) is 3.33. The van der Waals surface area contributed by atoms with Crippen LogP contribution in [-0.2, 0) is 7.05 Å². The maximum absolute atomic E-state index is 4.51. The van der Waals surface area contributed by atoms with Crippen molar-refractivity contribution in [2.45, 2.75) is 6.92 Å². The number of anilines is 2. The van der Waals surface area contributed by atoms with Crippen LogP contribution < -0.4 is 5.32 Å². The second-order valence-corrected chi connectivity index (χ2v) is 6.73. The van der Waals surface area contributed by atoms with Crippen molar-refractivity contribution >= 4 is 43.9 Å². The first-order valence-corrected chi connectivity index (χ1v) is 8.40. The third-order valence-corrected chi connectivity index (χ3v) is 4.51. The highest BCUT2D eigenvalue weighted by molar-refractivity contribution is 9.10. The number of nitrogens with zero attached hydrogens (tertiary/aromatic N) is 6. The van der Waals surface area contributed by atoms with E-state index in [0.29, 0.717) is 5.82 Å². The van der Waals surface area contributed by atoms with Crippen molar-refractivity contribution in [2.75, 3.05) is 5.32 Å². The molecule has 0 bridgehead atoms. The summed E-state index contributed by atoms with van der Waals surface area (Å²) in [6.07, 6.45) is 7.49. The minimum absolute atomic E-state index is 0.679. The van der Waals surface area contributed by atoms with Crippen LogP contribution in [0.15, 0.2) is 35.5 Å². The lowest BCUT2D eigenvalue weighted by Crippen LogP contribution is -1.98. The Morgan fingerprint density at radius 3 is 2.83 bits per heavy atom. The molecule has 0 saturated carbocycles. The van der Waals surface area contributed by atoms with Crippen LogP contribution in [0.2, 0.25) is 0 Å². The maximum atomic E-state index is 4.51. The number of rotatable bonds is 3. The van der Waals surface area contributed by atoms with Gasteiger partial charge in [0, 0.05) is 25.0 Å². The van der Waals surface area contributed by atoms with Gasteiger partial charge in [-0.2, -0.15) is 9.47 Å². The van der Waals surface area contributed by atoms with E-state index in [2.05, 4.69) is 40.7 Å². The second-order valence-electron chi connectivity index (χ2n) is 5.11. The minimum Gasteiger partial charge on any atom is -0.328 e. The molecule has 1 N–H and O–H groups in total. The monoisotopic (exact) mass is 389 g/mol. The van der Waals surface area contributed by atoms with Crippen molar-refractivity contribution < 1.29 is 0 Å². The molecule has 7 nitrogen and oxygen atoms in total. The van der Waals surface area contributed by atoms with Gasteiger partial charge in [0.2, 0.25) is 0 Å². The van der Waals surface area contributed by atoms with E-state index in [9.17, 15) is 0 Å². The average molecular weight is 390 g/mol. The molecule has 0 unspecified atom stereocenters. The molecule has 0 saturated heterocycles. The van der Waals surface area contributed by atoms with Gasteiger partial charge in [0.1, 0.15) is 9.60 Å². The Bertz CT molecular complexity index is 1000. The molecule has 0 radical (unpaired) electrons. The van der Waals surface area contributed by atoms with Crippen LogP contribution in [0.4, 0.5) is 10.8 Å². The van der Waals surface area contributed by atoms with Crippen LogP contribution >= 0.6 is 27.5 Å². The second kappa shape index (κ2) is 5.43. The van der Waals surface area contributed by atoms with E-state index in [4.69, 9.17) is 0 Å². The zero-order chi connectivity index (χ0) is 16.0. The lowest BCUT2D eigenvalue weighted by atomic mass is 10.3. The molecule has 0 atom stereocenters. The molecule has 0 amide bonds. The highest BCUT2D eigenvalue weighted by Gasteiger charge is 2.14. The van der Waals surface area contributed by atoms with Gasteiger partial charge in [0.05, 0.1) is 23.8 Å². The highest BCUT2D eigenvalue weighted by atomic mass is 79.9. The fourth-order valence-electron chi connectivity index (χ4n) is 2.35. The van der Waals surface area contributed by atoms with Crippen molar-refractivity contribution in [3.05, 3.63) is 41.2 Å². The standard InChI is InChI=1S/C14H12BrN7S/c1-8-3-12(23-20-8)19-13-14-16-5-10(9-4-17-21(2)6-9)22(14)7-11(15)18-13/h3-7H,1-2H3,(H,18,19). The van der Waals surface area contributed by atoms with E-state index in [1.54, 1.807) is 4.68 Å². The lowest BCUT2D eigenvalue weighted by molar-refractivity contribution is 0.768. The summed E-state index contributed by atoms with van der Waals surface area (Å²) in [5.74, 6) is 0.679. The Kier molecular flexibility index (Phi) is 3.38. The topological polar surface area (TPSA) is 72.9 Å². The van der Waals surface area contributed by atoms with Crippen LogP contribution in [-0.4, -0.2) is 28.5 Å². The van der Waals surface area contributed by atoms with Gasteiger partial charge in [-0.15, -0.1) is 0 Å². The highest BCUT2D eigenvalue weighted by Crippen LogP contribution is 2.28. The number of imidazole rings is 1.